The Labute approximate surface area is 189 Å². The number of hydrogen-bond acceptors (Lipinski definition) is 12. The molecule has 2 aromatic carbocycles. The normalized spacial score (nSPS) is 12.2. The van der Waals surface area contributed by atoms with Crippen LogP contribution in [0.4, 0.5) is 16.6 Å². The van der Waals surface area contributed by atoms with Gasteiger partial charge in [-0.1, -0.05) is 22.4 Å². The van der Waals surface area contributed by atoms with Crippen LogP contribution in [0, 0.1) is 6.92 Å². The van der Waals surface area contributed by atoms with Gasteiger partial charge in [-0.2, -0.15) is 13.5 Å². The standard InChI is InChI=1S/C17H14N6O6S3/c1-9-15(16(18)23(22-9)10-3-2-4-12(7-10)32(25,26)27)20-21-17-19-13-6-5-11(31-29-28-24)8-14(13)30-17/h2-8,24H,18H2,1H3,(H,25,26,27). The third kappa shape index (κ3) is 4.63. The topological polar surface area (TPSA) is 175 Å². The van der Waals surface area contributed by atoms with Gasteiger partial charge < -0.3 is 5.73 Å². The number of aryl methyl sites for hydroxylation is 1. The highest BCUT2D eigenvalue weighted by atomic mass is 32.2. The minimum absolute atomic E-state index is 0.139. The summed E-state index contributed by atoms with van der Waals surface area (Å²) in [5, 5.41) is 24.8. The van der Waals surface area contributed by atoms with Gasteiger partial charge >= 0.3 is 0 Å². The number of aromatic nitrogens is 3. The zero-order valence-corrected chi connectivity index (χ0v) is 18.6. The van der Waals surface area contributed by atoms with Crippen LogP contribution >= 0.6 is 23.4 Å². The maximum atomic E-state index is 11.4. The van der Waals surface area contributed by atoms with Crippen molar-refractivity contribution in [2.24, 2.45) is 10.2 Å². The quantitative estimate of drug-likeness (QED) is 0.109. The molecule has 0 spiro atoms. The van der Waals surface area contributed by atoms with E-state index in [4.69, 9.17) is 11.0 Å². The number of nitrogens with two attached hydrogens (primary N) is 1. The molecule has 0 aliphatic rings. The second-order valence-corrected chi connectivity index (χ2v) is 9.46. The Morgan fingerprint density at radius 3 is 2.78 bits per heavy atom. The number of fused-ring (bicyclic) bond motifs is 1. The van der Waals surface area contributed by atoms with Gasteiger partial charge in [-0.3, -0.25) is 4.55 Å². The lowest BCUT2D eigenvalue weighted by Gasteiger charge is -2.05. The predicted molar refractivity (Wildman–Crippen MR) is 117 cm³/mol. The molecule has 4 N–H and O–H groups in total. The molecule has 12 nitrogen and oxygen atoms in total. The smallest absolute Gasteiger partial charge is 0.294 e. The van der Waals surface area contributed by atoms with E-state index in [-0.39, 0.29) is 10.7 Å². The van der Waals surface area contributed by atoms with Crippen molar-refractivity contribution >= 4 is 60.4 Å². The van der Waals surface area contributed by atoms with E-state index in [1.165, 1.54) is 34.2 Å². The molecule has 0 atom stereocenters. The second-order valence-electron chi connectivity index (χ2n) is 6.26. The molecule has 4 rings (SSSR count). The summed E-state index contributed by atoms with van der Waals surface area (Å²) in [7, 11) is -4.38. The van der Waals surface area contributed by atoms with E-state index in [0.717, 1.165) is 16.7 Å². The number of thiazole rings is 1. The molecule has 4 aromatic rings. The first kappa shape index (κ1) is 22.3. The largest absolute Gasteiger partial charge is 0.382 e. The Morgan fingerprint density at radius 1 is 1.22 bits per heavy atom. The monoisotopic (exact) mass is 494 g/mol. The van der Waals surface area contributed by atoms with Gasteiger partial charge in [-0.25, -0.2) is 14.9 Å². The van der Waals surface area contributed by atoms with Crippen LogP contribution in [0.2, 0.25) is 0 Å². The van der Waals surface area contributed by atoms with Crippen molar-refractivity contribution in [3.63, 3.8) is 0 Å². The molecule has 15 heteroatoms. The Bertz CT molecular complexity index is 1430. The van der Waals surface area contributed by atoms with E-state index in [2.05, 4.69) is 29.7 Å². The molecule has 0 aliphatic heterocycles. The Balaban J connectivity index is 1.64. The summed E-state index contributed by atoms with van der Waals surface area (Å²) in [5.41, 5.74) is 7.96. The number of anilines is 1. The molecule has 0 fully saturated rings. The molecule has 166 valence electrons. The van der Waals surface area contributed by atoms with Crippen LogP contribution < -0.4 is 5.73 Å². The molecule has 0 saturated heterocycles. The molecule has 0 saturated carbocycles. The lowest BCUT2D eigenvalue weighted by molar-refractivity contribution is -0.432. The number of hydrogen-bond donors (Lipinski definition) is 3. The number of rotatable bonds is 7. The summed E-state index contributed by atoms with van der Waals surface area (Å²) in [4.78, 5) is 4.78. The van der Waals surface area contributed by atoms with Gasteiger partial charge in [0.1, 0.15) is 0 Å². The first-order chi connectivity index (χ1) is 15.3. The third-order valence-electron chi connectivity index (χ3n) is 4.17. The number of azo groups is 1. The third-order valence-corrected chi connectivity index (χ3v) is 6.50. The molecule has 0 bridgehead atoms. The summed E-state index contributed by atoms with van der Waals surface area (Å²) >= 11 is 2.11. The molecule has 0 unspecified atom stereocenters. The van der Waals surface area contributed by atoms with Crippen LogP contribution in [0.15, 0.2) is 62.5 Å². The number of benzene rings is 2. The van der Waals surface area contributed by atoms with Crippen molar-refractivity contribution in [3.8, 4) is 5.69 Å². The van der Waals surface area contributed by atoms with Crippen molar-refractivity contribution in [1.29, 1.82) is 0 Å². The van der Waals surface area contributed by atoms with Crippen LogP contribution in [0.25, 0.3) is 15.9 Å². The molecule has 0 amide bonds. The highest BCUT2D eigenvalue weighted by Gasteiger charge is 2.16. The summed E-state index contributed by atoms with van der Waals surface area (Å²) < 4.78 is 38.6. The Morgan fingerprint density at radius 2 is 2.03 bits per heavy atom. The zero-order valence-electron chi connectivity index (χ0n) is 16.1. The van der Waals surface area contributed by atoms with Crippen LogP contribution in [-0.4, -0.2) is 33.0 Å². The minimum atomic E-state index is -4.38. The van der Waals surface area contributed by atoms with Crippen LogP contribution in [0.1, 0.15) is 5.69 Å². The fraction of sp³-hybridized carbons (Fsp3) is 0.0588. The molecular formula is C17H14N6O6S3. The van der Waals surface area contributed by atoms with Crippen LogP contribution in [0.3, 0.4) is 0 Å². The van der Waals surface area contributed by atoms with E-state index >= 15 is 0 Å². The fourth-order valence-corrected chi connectivity index (χ4v) is 4.59. The fourth-order valence-electron chi connectivity index (χ4n) is 2.77. The SMILES string of the molecule is Cc1nn(-c2cccc(S(=O)(=O)O)c2)c(N)c1N=Nc1nc2ccc(SOOO)cc2s1. The van der Waals surface area contributed by atoms with E-state index in [1.54, 1.807) is 31.2 Å². The van der Waals surface area contributed by atoms with Gasteiger partial charge in [0.2, 0.25) is 5.13 Å². The molecule has 2 heterocycles. The molecule has 0 radical (unpaired) electrons. The first-order valence-electron chi connectivity index (χ1n) is 8.66. The van der Waals surface area contributed by atoms with Crippen molar-refractivity contribution in [1.82, 2.24) is 14.8 Å². The van der Waals surface area contributed by atoms with Gasteiger partial charge in [0.05, 0.1) is 38.5 Å². The van der Waals surface area contributed by atoms with Crippen molar-refractivity contribution < 1.29 is 27.6 Å². The second kappa shape index (κ2) is 8.91. The van der Waals surface area contributed by atoms with Crippen LogP contribution in [0.5, 0.6) is 0 Å². The van der Waals surface area contributed by atoms with Crippen LogP contribution in [-0.2, 0) is 19.5 Å². The van der Waals surface area contributed by atoms with E-state index in [9.17, 15) is 13.0 Å². The summed E-state index contributed by atoms with van der Waals surface area (Å²) in [6, 6.07) is 10.8. The summed E-state index contributed by atoms with van der Waals surface area (Å²) in [6.45, 7) is 1.68. The van der Waals surface area contributed by atoms with E-state index < -0.39 is 10.1 Å². The van der Waals surface area contributed by atoms with Gasteiger partial charge in [-0.05, 0) is 43.3 Å². The lowest BCUT2D eigenvalue weighted by Crippen LogP contribution is -2.04. The highest BCUT2D eigenvalue weighted by molar-refractivity contribution is 7.94. The van der Waals surface area contributed by atoms with Crippen molar-refractivity contribution in [2.75, 3.05) is 5.73 Å². The van der Waals surface area contributed by atoms with Gasteiger partial charge in [0.25, 0.3) is 10.1 Å². The van der Waals surface area contributed by atoms with Gasteiger partial charge in [0.15, 0.2) is 11.5 Å². The molecule has 2 aromatic heterocycles. The van der Waals surface area contributed by atoms with Crippen molar-refractivity contribution in [2.45, 2.75) is 16.7 Å². The van der Waals surface area contributed by atoms with E-state index in [0.29, 0.717) is 32.6 Å². The zero-order chi connectivity index (χ0) is 22.9. The Hall–Kier alpha value is -2.92. The average molecular weight is 495 g/mol. The molecule has 0 aliphatic carbocycles. The number of nitrogens with zero attached hydrogens (tertiary/aromatic N) is 5. The Kier molecular flexibility index (Phi) is 6.20. The van der Waals surface area contributed by atoms with E-state index in [1.807, 2.05) is 0 Å². The molecule has 32 heavy (non-hydrogen) atoms. The maximum Gasteiger partial charge on any atom is 0.294 e. The average Bonchev–Trinajstić information content (AvgIpc) is 3.29. The van der Waals surface area contributed by atoms with Crippen molar-refractivity contribution in [3.05, 3.63) is 48.2 Å². The van der Waals surface area contributed by atoms with Gasteiger partial charge in [0, 0.05) is 4.90 Å². The number of nitrogen functional groups attached to an aromatic ring is 1. The van der Waals surface area contributed by atoms with Gasteiger partial charge in [-0.15, -0.1) is 14.6 Å². The minimum Gasteiger partial charge on any atom is -0.382 e. The highest BCUT2D eigenvalue weighted by Crippen LogP contribution is 2.35. The summed E-state index contributed by atoms with van der Waals surface area (Å²) in [6.07, 6.45) is 0. The maximum absolute atomic E-state index is 11.4. The lowest BCUT2D eigenvalue weighted by atomic mass is 10.3. The first-order valence-corrected chi connectivity index (χ1v) is 11.7. The molecular weight excluding hydrogens is 480 g/mol. The predicted octanol–water partition coefficient (Wildman–Crippen LogP) is 4.46. The summed E-state index contributed by atoms with van der Waals surface area (Å²) in [5.74, 6) is 0.139.